The number of carbonyl (C=O) groups is 1. The van der Waals surface area contributed by atoms with E-state index in [4.69, 9.17) is 0 Å². The molecule has 0 fully saturated rings. The van der Waals surface area contributed by atoms with Crippen LogP contribution in [0.5, 0.6) is 0 Å². The average Bonchev–Trinajstić information content (AvgIpc) is 2.32. The fourth-order valence-corrected chi connectivity index (χ4v) is 1.46. The second-order valence-electron chi connectivity index (χ2n) is 5.51. The Morgan fingerprint density at radius 1 is 1.22 bits per heavy atom. The van der Waals surface area contributed by atoms with Gasteiger partial charge < -0.3 is 15.5 Å². The van der Waals surface area contributed by atoms with Crippen LogP contribution in [-0.4, -0.2) is 49.6 Å². The van der Waals surface area contributed by atoms with E-state index in [1.165, 1.54) is 0 Å². The summed E-state index contributed by atoms with van der Waals surface area (Å²) in [5, 5.41) is 6.17. The molecular formula is C14H31N3O. The molecule has 0 aliphatic rings. The summed E-state index contributed by atoms with van der Waals surface area (Å²) in [6, 6.07) is 0.837. The third-order valence-electron chi connectivity index (χ3n) is 3.66. The fourth-order valence-electron chi connectivity index (χ4n) is 1.46. The number of rotatable bonds is 9. The van der Waals surface area contributed by atoms with Gasteiger partial charge in [-0.2, -0.15) is 0 Å². The minimum Gasteiger partial charge on any atom is -0.352 e. The number of nitrogens with one attached hydrogen (secondary N) is 2. The average molecular weight is 257 g/mol. The molecule has 108 valence electrons. The Hall–Kier alpha value is -0.610. The molecule has 0 saturated heterocycles. The third-order valence-corrected chi connectivity index (χ3v) is 3.66. The monoisotopic (exact) mass is 257 g/mol. The van der Waals surface area contributed by atoms with E-state index >= 15 is 0 Å². The van der Waals surface area contributed by atoms with Gasteiger partial charge in [0.2, 0.25) is 5.91 Å². The van der Waals surface area contributed by atoms with E-state index in [1.54, 1.807) is 0 Å². The molecule has 0 rings (SSSR count). The van der Waals surface area contributed by atoms with Crippen LogP contribution in [0, 0.1) is 5.92 Å². The Morgan fingerprint density at radius 3 is 2.33 bits per heavy atom. The summed E-state index contributed by atoms with van der Waals surface area (Å²) in [5.41, 5.74) is 0. The number of amides is 1. The van der Waals surface area contributed by atoms with Crippen molar-refractivity contribution in [1.29, 1.82) is 0 Å². The number of likely N-dealkylation sites (N-methyl/N-ethyl adjacent to an activating group) is 1. The highest BCUT2D eigenvalue weighted by Crippen LogP contribution is 1.99. The quantitative estimate of drug-likeness (QED) is 0.615. The van der Waals surface area contributed by atoms with Gasteiger partial charge in [0.15, 0.2) is 0 Å². The zero-order chi connectivity index (χ0) is 14.1. The SMILES string of the molecule is CCC(C)N(C)CCNCC(=O)NC(C)C(C)C. The van der Waals surface area contributed by atoms with E-state index in [1.807, 2.05) is 6.92 Å². The van der Waals surface area contributed by atoms with Gasteiger partial charge in [0, 0.05) is 25.2 Å². The maximum atomic E-state index is 11.6. The number of carbonyl (C=O) groups excluding carboxylic acids is 1. The lowest BCUT2D eigenvalue weighted by molar-refractivity contribution is -0.121. The molecule has 0 bridgehead atoms. The van der Waals surface area contributed by atoms with Gasteiger partial charge in [0.25, 0.3) is 0 Å². The third kappa shape index (κ3) is 7.67. The van der Waals surface area contributed by atoms with Gasteiger partial charge in [-0.05, 0) is 33.2 Å². The van der Waals surface area contributed by atoms with Crippen molar-refractivity contribution in [2.75, 3.05) is 26.7 Å². The number of hydrogen-bond donors (Lipinski definition) is 2. The second-order valence-corrected chi connectivity index (χ2v) is 5.51. The predicted molar refractivity (Wildman–Crippen MR) is 77.7 cm³/mol. The van der Waals surface area contributed by atoms with Crippen LogP contribution in [-0.2, 0) is 4.79 Å². The predicted octanol–water partition coefficient (Wildman–Crippen LogP) is 1.47. The molecule has 2 N–H and O–H groups in total. The summed E-state index contributed by atoms with van der Waals surface area (Å²) in [5.74, 6) is 0.563. The van der Waals surface area contributed by atoms with Crippen LogP contribution in [0.25, 0.3) is 0 Å². The minimum absolute atomic E-state index is 0.0855. The highest BCUT2D eigenvalue weighted by molar-refractivity contribution is 5.78. The van der Waals surface area contributed by atoms with Crippen molar-refractivity contribution >= 4 is 5.91 Å². The maximum absolute atomic E-state index is 11.6. The molecule has 18 heavy (non-hydrogen) atoms. The summed E-state index contributed by atoms with van der Waals surface area (Å²) in [4.78, 5) is 13.9. The van der Waals surface area contributed by atoms with Crippen LogP contribution in [0.2, 0.25) is 0 Å². The molecule has 0 aromatic carbocycles. The van der Waals surface area contributed by atoms with Crippen molar-refractivity contribution in [3.8, 4) is 0 Å². The molecule has 0 spiro atoms. The normalized spacial score (nSPS) is 14.9. The highest BCUT2D eigenvalue weighted by atomic mass is 16.1. The summed E-state index contributed by atoms with van der Waals surface area (Å²) in [6.45, 7) is 12.9. The first-order valence-electron chi connectivity index (χ1n) is 7.08. The van der Waals surface area contributed by atoms with E-state index in [-0.39, 0.29) is 11.9 Å². The first-order chi connectivity index (χ1) is 8.38. The smallest absolute Gasteiger partial charge is 0.234 e. The van der Waals surface area contributed by atoms with Gasteiger partial charge in [-0.3, -0.25) is 4.79 Å². The minimum atomic E-state index is 0.0855. The van der Waals surface area contributed by atoms with Crippen molar-refractivity contribution in [3.63, 3.8) is 0 Å². The molecule has 2 unspecified atom stereocenters. The van der Waals surface area contributed by atoms with Crippen LogP contribution in [0.3, 0.4) is 0 Å². The van der Waals surface area contributed by atoms with Gasteiger partial charge in [0.05, 0.1) is 6.54 Å². The van der Waals surface area contributed by atoms with Gasteiger partial charge in [-0.25, -0.2) is 0 Å². The van der Waals surface area contributed by atoms with Crippen LogP contribution in [0.4, 0.5) is 0 Å². The summed E-state index contributed by atoms with van der Waals surface area (Å²) >= 11 is 0. The van der Waals surface area contributed by atoms with E-state index in [9.17, 15) is 4.79 Å². The molecule has 0 aromatic heterocycles. The van der Waals surface area contributed by atoms with E-state index in [0.717, 1.165) is 19.5 Å². The Kier molecular flexibility index (Phi) is 9.02. The Morgan fingerprint density at radius 2 is 1.83 bits per heavy atom. The highest BCUT2D eigenvalue weighted by Gasteiger charge is 2.10. The molecule has 4 heteroatoms. The Bertz CT molecular complexity index is 231. The second kappa shape index (κ2) is 9.34. The first kappa shape index (κ1) is 17.4. The lowest BCUT2D eigenvalue weighted by atomic mass is 10.1. The molecule has 2 atom stereocenters. The molecule has 0 aromatic rings. The fraction of sp³-hybridized carbons (Fsp3) is 0.929. The Balaban J connectivity index is 3.63. The van der Waals surface area contributed by atoms with Crippen molar-refractivity contribution < 1.29 is 4.79 Å². The van der Waals surface area contributed by atoms with Crippen molar-refractivity contribution in [2.24, 2.45) is 5.92 Å². The molecule has 0 radical (unpaired) electrons. The number of hydrogen-bond acceptors (Lipinski definition) is 3. The summed E-state index contributed by atoms with van der Waals surface area (Å²) < 4.78 is 0. The largest absolute Gasteiger partial charge is 0.352 e. The summed E-state index contributed by atoms with van der Waals surface area (Å²) in [6.07, 6.45) is 1.16. The molecule has 0 aliphatic carbocycles. The molecule has 0 aliphatic heterocycles. The topological polar surface area (TPSA) is 44.4 Å². The van der Waals surface area contributed by atoms with Crippen LogP contribution < -0.4 is 10.6 Å². The maximum Gasteiger partial charge on any atom is 0.234 e. The van der Waals surface area contributed by atoms with Crippen LogP contribution in [0.1, 0.15) is 41.0 Å². The van der Waals surface area contributed by atoms with Gasteiger partial charge >= 0.3 is 0 Å². The lowest BCUT2D eigenvalue weighted by Gasteiger charge is -2.23. The molecule has 1 amide bonds. The Labute approximate surface area is 113 Å². The summed E-state index contributed by atoms with van der Waals surface area (Å²) in [7, 11) is 2.12. The van der Waals surface area contributed by atoms with Crippen LogP contribution in [0.15, 0.2) is 0 Å². The van der Waals surface area contributed by atoms with Crippen LogP contribution >= 0.6 is 0 Å². The standard InChI is InChI=1S/C14H31N3O/c1-7-12(4)17(6)9-8-15-10-14(18)16-13(5)11(2)3/h11-13,15H,7-10H2,1-6H3,(H,16,18). The van der Waals surface area contributed by atoms with Gasteiger partial charge in [-0.15, -0.1) is 0 Å². The molecular weight excluding hydrogens is 226 g/mol. The van der Waals surface area contributed by atoms with Gasteiger partial charge in [-0.1, -0.05) is 20.8 Å². The molecule has 0 saturated carbocycles. The van der Waals surface area contributed by atoms with E-state index in [0.29, 0.717) is 18.5 Å². The van der Waals surface area contributed by atoms with E-state index < -0.39 is 0 Å². The van der Waals surface area contributed by atoms with Crippen molar-refractivity contribution in [3.05, 3.63) is 0 Å². The number of nitrogens with zero attached hydrogens (tertiary/aromatic N) is 1. The molecule has 0 heterocycles. The zero-order valence-electron chi connectivity index (χ0n) is 12.9. The first-order valence-corrected chi connectivity index (χ1v) is 7.08. The van der Waals surface area contributed by atoms with Gasteiger partial charge in [0.1, 0.15) is 0 Å². The molecule has 4 nitrogen and oxygen atoms in total. The zero-order valence-corrected chi connectivity index (χ0v) is 12.9. The van der Waals surface area contributed by atoms with Crippen molar-refractivity contribution in [2.45, 2.75) is 53.1 Å². The van der Waals surface area contributed by atoms with E-state index in [2.05, 4.69) is 50.3 Å². The lowest BCUT2D eigenvalue weighted by Crippen LogP contribution is -2.43. The van der Waals surface area contributed by atoms with Crippen molar-refractivity contribution in [1.82, 2.24) is 15.5 Å².